The summed E-state index contributed by atoms with van der Waals surface area (Å²) in [5, 5.41) is 0. The maximum atomic E-state index is 6.15. The molecule has 1 aliphatic heterocycles. The Labute approximate surface area is 147 Å². The lowest BCUT2D eigenvalue weighted by Crippen LogP contribution is -2.41. The van der Waals surface area contributed by atoms with Crippen molar-refractivity contribution in [3.8, 4) is 0 Å². The zero-order valence-corrected chi connectivity index (χ0v) is 16.1. The number of rotatable bonds is 3. The monoisotopic (exact) mass is 330 g/mol. The number of aromatic nitrogens is 1. The van der Waals surface area contributed by atoms with Gasteiger partial charge in [0.15, 0.2) is 0 Å². The molecule has 1 saturated heterocycles. The lowest BCUT2D eigenvalue weighted by Gasteiger charge is -2.33. The summed E-state index contributed by atoms with van der Waals surface area (Å²) in [7, 11) is 1.84. The fourth-order valence-corrected chi connectivity index (χ4v) is 3.71. The van der Waals surface area contributed by atoms with E-state index in [9.17, 15) is 0 Å². The third-order valence-electron chi connectivity index (χ3n) is 6.05. The molecule has 0 bridgehead atoms. The zero-order valence-electron chi connectivity index (χ0n) is 16.1. The maximum Gasteiger partial charge on any atom is 0.496 e. The van der Waals surface area contributed by atoms with E-state index in [-0.39, 0.29) is 18.3 Å². The van der Waals surface area contributed by atoms with Crippen molar-refractivity contribution in [2.45, 2.75) is 84.0 Å². The Morgan fingerprint density at radius 2 is 1.67 bits per heavy atom. The summed E-state index contributed by atoms with van der Waals surface area (Å²) < 4.78 is 12.3. The highest BCUT2D eigenvalue weighted by atomic mass is 16.7. The van der Waals surface area contributed by atoms with Gasteiger partial charge in [0.2, 0.25) is 0 Å². The Balaban J connectivity index is 1.78. The van der Waals surface area contributed by atoms with Gasteiger partial charge in [-0.1, -0.05) is 25.3 Å². The van der Waals surface area contributed by atoms with Crippen molar-refractivity contribution < 1.29 is 9.31 Å². The molecular weight excluding hydrogens is 299 g/mol. The molecule has 0 unspecified atom stereocenters. The maximum absolute atomic E-state index is 6.15. The molecule has 132 valence electrons. The minimum absolute atomic E-state index is 0.316. The second-order valence-electron chi connectivity index (χ2n) is 8.40. The lowest BCUT2D eigenvalue weighted by molar-refractivity contribution is 0.00578. The summed E-state index contributed by atoms with van der Waals surface area (Å²) in [5.41, 5.74) is 1.56. The number of hydrogen-bond donors (Lipinski definition) is 0. The molecule has 0 N–H and O–H groups in total. The first-order valence-corrected chi connectivity index (χ1v) is 9.26. The standard InChI is InChI=1S/C19H31BN2O2/c1-14-12-15(20-23-18(2,3)19(4,5)24-20)13-21-17(14)22(6)16-10-8-7-9-11-16/h12-13,16H,7-11H2,1-6H3. The van der Waals surface area contributed by atoms with Gasteiger partial charge in [0.25, 0.3) is 0 Å². The van der Waals surface area contributed by atoms with Crippen LogP contribution >= 0.6 is 0 Å². The number of pyridine rings is 1. The topological polar surface area (TPSA) is 34.6 Å². The summed E-state index contributed by atoms with van der Waals surface area (Å²) in [4.78, 5) is 7.12. The molecule has 2 aliphatic rings. The summed E-state index contributed by atoms with van der Waals surface area (Å²) in [5.74, 6) is 1.09. The predicted octanol–water partition coefficient (Wildman–Crippen LogP) is 3.46. The largest absolute Gasteiger partial charge is 0.496 e. The molecule has 0 radical (unpaired) electrons. The normalized spacial score (nSPS) is 23.5. The van der Waals surface area contributed by atoms with Gasteiger partial charge in [0, 0.05) is 24.7 Å². The van der Waals surface area contributed by atoms with Gasteiger partial charge in [-0.15, -0.1) is 0 Å². The van der Waals surface area contributed by atoms with Crippen LogP contribution in [0.25, 0.3) is 0 Å². The zero-order chi connectivity index (χ0) is 17.5. The van der Waals surface area contributed by atoms with Crippen LogP contribution in [0.2, 0.25) is 0 Å². The molecule has 0 spiro atoms. The highest BCUT2D eigenvalue weighted by molar-refractivity contribution is 6.62. The molecule has 1 saturated carbocycles. The predicted molar refractivity (Wildman–Crippen MR) is 100.0 cm³/mol. The van der Waals surface area contributed by atoms with E-state index in [1.807, 2.05) is 6.20 Å². The van der Waals surface area contributed by atoms with E-state index in [1.165, 1.54) is 37.7 Å². The van der Waals surface area contributed by atoms with Gasteiger partial charge >= 0.3 is 7.12 Å². The molecule has 0 amide bonds. The summed E-state index contributed by atoms with van der Waals surface area (Å²) in [6.07, 6.45) is 8.51. The van der Waals surface area contributed by atoms with Gasteiger partial charge in [0.05, 0.1) is 11.2 Å². The van der Waals surface area contributed by atoms with Crippen LogP contribution in [0, 0.1) is 6.92 Å². The van der Waals surface area contributed by atoms with E-state index in [2.05, 4.69) is 52.6 Å². The molecule has 1 aliphatic carbocycles. The number of aryl methyl sites for hydroxylation is 1. The Morgan fingerprint density at radius 1 is 1.08 bits per heavy atom. The third-order valence-corrected chi connectivity index (χ3v) is 6.05. The molecule has 1 aromatic heterocycles. The van der Waals surface area contributed by atoms with Crippen LogP contribution in [0.5, 0.6) is 0 Å². The first-order chi connectivity index (χ1) is 11.2. The van der Waals surface area contributed by atoms with E-state index >= 15 is 0 Å². The van der Waals surface area contributed by atoms with E-state index in [0.717, 1.165) is 11.3 Å². The molecule has 4 nitrogen and oxygen atoms in total. The van der Waals surface area contributed by atoms with Crippen LogP contribution in [-0.2, 0) is 9.31 Å². The number of anilines is 1. The van der Waals surface area contributed by atoms with Crippen LogP contribution in [0.15, 0.2) is 12.3 Å². The van der Waals surface area contributed by atoms with Crippen molar-refractivity contribution in [3.05, 3.63) is 17.8 Å². The Morgan fingerprint density at radius 3 is 2.21 bits per heavy atom. The molecule has 1 aromatic rings. The van der Waals surface area contributed by atoms with Crippen molar-refractivity contribution >= 4 is 18.4 Å². The quantitative estimate of drug-likeness (QED) is 0.795. The van der Waals surface area contributed by atoms with Crippen LogP contribution in [0.1, 0.15) is 65.4 Å². The Kier molecular flexibility index (Phi) is 4.69. The average Bonchev–Trinajstić information content (AvgIpc) is 2.75. The molecule has 5 heteroatoms. The molecular formula is C19H31BN2O2. The summed E-state index contributed by atoms with van der Waals surface area (Å²) in [6.45, 7) is 10.5. The molecule has 24 heavy (non-hydrogen) atoms. The van der Waals surface area contributed by atoms with E-state index in [1.54, 1.807) is 0 Å². The van der Waals surface area contributed by atoms with Crippen LogP contribution in [-0.4, -0.2) is 36.4 Å². The summed E-state index contributed by atoms with van der Waals surface area (Å²) in [6, 6.07) is 2.79. The van der Waals surface area contributed by atoms with Gasteiger partial charge < -0.3 is 14.2 Å². The molecule has 3 rings (SSSR count). The third kappa shape index (κ3) is 3.21. The first-order valence-electron chi connectivity index (χ1n) is 9.26. The van der Waals surface area contributed by atoms with Gasteiger partial charge in [0.1, 0.15) is 5.82 Å². The first kappa shape index (κ1) is 17.7. The summed E-state index contributed by atoms with van der Waals surface area (Å²) >= 11 is 0. The van der Waals surface area contributed by atoms with Crippen molar-refractivity contribution in [2.24, 2.45) is 0 Å². The van der Waals surface area contributed by atoms with Gasteiger partial charge in [-0.25, -0.2) is 4.98 Å². The minimum atomic E-state index is -0.338. The van der Waals surface area contributed by atoms with E-state index in [4.69, 9.17) is 14.3 Å². The highest BCUT2D eigenvalue weighted by Gasteiger charge is 2.51. The number of nitrogens with zero attached hydrogens (tertiary/aromatic N) is 2. The molecule has 0 atom stereocenters. The minimum Gasteiger partial charge on any atom is -0.399 e. The highest BCUT2D eigenvalue weighted by Crippen LogP contribution is 2.36. The van der Waals surface area contributed by atoms with E-state index < -0.39 is 0 Å². The smallest absolute Gasteiger partial charge is 0.399 e. The van der Waals surface area contributed by atoms with Crippen molar-refractivity contribution in [3.63, 3.8) is 0 Å². The SMILES string of the molecule is Cc1cc(B2OC(C)(C)C(C)(C)O2)cnc1N(C)C1CCCCC1. The second-order valence-corrected chi connectivity index (χ2v) is 8.40. The lowest BCUT2D eigenvalue weighted by atomic mass is 9.79. The van der Waals surface area contributed by atoms with Crippen LogP contribution in [0.4, 0.5) is 5.82 Å². The fourth-order valence-electron chi connectivity index (χ4n) is 3.71. The van der Waals surface area contributed by atoms with Crippen LogP contribution < -0.4 is 10.4 Å². The van der Waals surface area contributed by atoms with Crippen LogP contribution in [0.3, 0.4) is 0 Å². The molecule has 2 heterocycles. The Bertz CT molecular complexity index is 581. The van der Waals surface area contributed by atoms with Crippen molar-refractivity contribution in [1.29, 1.82) is 0 Å². The average molecular weight is 330 g/mol. The van der Waals surface area contributed by atoms with E-state index in [0.29, 0.717) is 6.04 Å². The van der Waals surface area contributed by atoms with Gasteiger partial charge in [-0.3, -0.25) is 0 Å². The number of hydrogen-bond acceptors (Lipinski definition) is 4. The fraction of sp³-hybridized carbons (Fsp3) is 0.737. The van der Waals surface area contributed by atoms with Gasteiger partial charge in [-0.2, -0.15) is 0 Å². The van der Waals surface area contributed by atoms with Gasteiger partial charge in [-0.05, 0) is 53.0 Å². The van der Waals surface area contributed by atoms with Crippen molar-refractivity contribution in [1.82, 2.24) is 4.98 Å². The Hall–Kier alpha value is -1.07. The molecule has 2 fully saturated rings. The second kappa shape index (κ2) is 6.34. The molecule has 0 aromatic carbocycles. The van der Waals surface area contributed by atoms with Crippen molar-refractivity contribution in [2.75, 3.05) is 11.9 Å².